The van der Waals surface area contributed by atoms with E-state index in [1.165, 1.54) is 0 Å². The smallest absolute Gasteiger partial charge is 0.338 e. The van der Waals surface area contributed by atoms with Crippen LogP contribution in [0.3, 0.4) is 0 Å². The molecule has 4 heteroatoms. The average molecular weight is 284 g/mol. The minimum absolute atomic E-state index is 0.302. The zero-order chi connectivity index (χ0) is 15.2. The number of nitrogens with one attached hydrogen (secondary N) is 1. The maximum absolute atomic E-state index is 11.7. The molecule has 0 aliphatic heterocycles. The Morgan fingerprint density at radius 3 is 2.43 bits per heavy atom. The first-order valence-corrected chi connectivity index (χ1v) is 6.91. The van der Waals surface area contributed by atoms with Crippen molar-refractivity contribution in [1.29, 1.82) is 0 Å². The lowest BCUT2D eigenvalue weighted by molar-refractivity contribution is 0.0526. The Labute approximate surface area is 125 Å². The van der Waals surface area contributed by atoms with Crippen LogP contribution in [0.1, 0.15) is 17.3 Å². The van der Waals surface area contributed by atoms with Gasteiger partial charge in [-0.3, -0.25) is 0 Å². The highest BCUT2D eigenvalue weighted by Crippen LogP contribution is 2.21. The van der Waals surface area contributed by atoms with Crippen molar-refractivity contribution >= 4 is 23.0 Å². The van der Waals surface area contributed by atoms with Crippen molar-refractivity contribution in [3.8, 4) is 0 Å². The number of hydrogen-bond acceptors (Lipinski definition) is 4. The highest BCUT2D eigenvalue weighted by molar-refractivity contribution is 5.90. The van der Waals surface area contributed by atoms with Crippen molar-refractivity contribution in [2.75, 3.05) is 30.9 Å². The third kappa shape index (κ3) is 3.99. The SMILES string of the molecule is CCOC(=O)c1cccc(Nc2ccc(N(C)C)cc2)c1. The summed E-state index contributed by atoms with van der Waals surface area (Å²) in [5.41, 5.74) is 3.52. The van der Waals surface area contributed by atoms with Crippen LogP contribution >= 0.6 is 0 Å². The van der Waals surface area contributed by atoms with Crippen molar-refractivity contribution < 1.29 is 9.53 Å². The van der Waals surface area contributed by atoms with E-state index in [-0.39, 0.29) is 5.97 Å². The van der Waals surface area contributed by atoms with Crippen LogP contribution in [0.2, 0.25) is 0 Å². The third-order valence-electron chi connectivity index (χ3n) is 3.05. The number of benzene rings is 2. The number of esters is 1. The summed E-state index contributed by atoms with van der Waals surface area (Å²) in [6, 6.07) is 15.4. The first-order chi connectivity index (χ1) is 10.1. The van der Waals surface area contributed by atoms with Crippen molar-refractivity contribution in [3.05, 3.63) is 54.1 Å². The molecule has 0 spiro atoms. The van der Waals surface area contributed by atoms with Gasteiger partial charge in [-0.2, -0.15) is 0 Å². The van der Waals surface area contributed by atoms with Gasteiger partial charge in [0, 0.05) is 31.2 Å². The van der Waals surface area contributed by atoms with E-state index in [0.717, 1.165) is 17.1 Å². The van der Waals surface area contributed by atoms with Crippen LogP contribution in [-0.2, 0) is 4.74 Å². The summed E-state index contributed by atoms with van der Waals surface area (Å²) in [6.45, 7) is 2.18. The third-order valence-corrected chi connectivity index (χ3v) is 3.05. The van der Waals surface area contributed by atoms with Crippen LogP contribution < -0.4 is 10.2 Å². The number of ether oxygens (including phenoxy) is 1. The van der Waals surface area contributed by atoms with Gasteiger partial charge < -0.3 is 15.0 Å². The monoisotopic (exact) mass is 284 g/mol. The van der Waals surface area contributed by atoms with Gasteiger partial charge in [0.2, 0.25) is 0 Å². The lowest BCUT2D eigenvalue weighted by Gasteiger charge is -2.13. The van der Waals surface area contributed by atoms with Crippen molar-refractivity contribution in [2.45, 2.75) is 6.92 Å². The van der Waals surface area contributed by atoms with Crippen LogP contribution in [0.5, 0.6) is 0 Å². The first kappa shape index (κ1) is 14.9. The standard InChI is InChI=1S/C17H20N2O2/c1-4-21-17(20)13-6-5-7-15(12-13)18-14-8-10-16(11-9-14)19(2)3/h5-12,18H,4H2,1-3H3. The lowest BCUT2D eigenvalue weighted by Crippen LogP contribution is -2.08. The molecule has 0 bridgehead atoms. The Kier molecular flexibility index (Phi) is 4.82. The molecule has 2 aromatic rings. The van der Waals surface area contributed by atoms with Crippen molar-refractivity contribution in [1.82, 2.24) is 0 Å². The average Bonchev–Trinajstić information content (AvgIpc) is 2.48. The largest absolute Gasteiger partial charge is 0.462 e. The number of nitrogens with zero attached hydrogens (tertiary/aromatic N) is 1. The van der Waals surface area contributed by atoms with Crippen LogP contribution in [0, 0.1) is 0 Å². The molecular weight excluding hydrogens is 264 g/mol. The molecule has 2 rings (SSSR count). The Balaban J connectivity index is 2.12. The number of rotatable bonds is 5. The highest BCUT2D eigenvalue weighted by atomic mass is 16.5. The van der Waals surface area contributed by atoms with Crippen LogP contribution in [-0.4, -0.2) is 26.7 Å². The molecule has 0 aliphatic rings. The lowest BCUT2D eigenvalue weighted by atomic mass is 10.2. The molecule has 4 nitrogen and oxygen atoms in total. The first-order valence-electron chi connectivity index (χ1n) is 6.91. The molecule has 0 unspecified atom stereocenters. The van der Waals surface area contributed by atoms with E-state index in [1.807, 2.05) is 55.4 Å². The summed E-state index contributed by atoms with van der Waals surface area (Å²) in [5.74, 6) is -0.302. The molecule has 0 amide bonds. The topological polar surface area (TPSA) is 41.6 Å². The van der Waals surface area contributed by atoms with Gasteiger partial charge in [-0.1, -0.05) is 6.07 Å². The fourth-order valence-electron chi connectivity index (χ4n) is 1.95. The van der Waals surface area contributed by atoms with Crippen molar-refractivity contribution in [2.24, 2.45) is 0 Å². The van der Waals surface area contributed by atoms with Gasteiger partial charge in [-0.25, -0.2) is 4.79 Å². The van der Waals surface area contributed by atoms with E-state index in [9.17, 15) is 4.79 Å². The predicted octanol–water partition coefficient (Wildman–Crippen LogP) is 3.67. The minimum Gasteiger partial charge on any atom is -0.462 e. The Morgan fingerprint density at radius 1 is 1.10 bits per heavy atom. The molecule has 0 saturated heterocycles. The second-order valence-electron chi connectivity index (χ2n) is 4.87. The Bertz CT molecular complexity index is 606. The zero-order valence-corrected chi connectivity index (χ0v) is 12.6. The highest BCUT2D eigenvalue weighted by Gasteiger charge is 2.06. The van der Waals surface area contributed by atoms with E-state index in [1.54, 1.807) is 19.1 Å². The zero-order valence-electron chi connectivity index (χ0n) is 12.6. The van der Waals surface area contributed by atoms with Gasteiger partial charge in [0.25, 0.3) is 0 Å². The van der Waals surface area contributed by atoms with Gasteiger partial charge in [0.05, 0.1) is 12.2 Å². The second kappa shape index (κ2) is 6.79. The summed E-state index contributed by atoms with van der Waals surface area (Å²) in [4.78, 5) is 13.8. The molecule has 0 aromatic heterocycles. The van der Waals surface area contributed by atoms with E-state index < -0.39 is 0 Å². The van der Waals surface area contributed by atoms with Gasteiger partial charge in [0.1, 0.15) is 0 Å². The molecule has 0 heterocycles. The van der Waals surface area contributed by atoms with Gasteiger partial charge >= 0.3 is 5.97 Å². The van der Waals surface area contributed by atoms with E-state index in [0.29, 0.717) is 12.2 Å². The molecule has 0 radical (unpaired) electrons. The van der Waals surface area contributed by atoms with Crippen LogP contribution in [0.25, 0.3) is 0 Å². The Hall–Kier alpha value is -2.49. The summed E-state index contributed by atoms with van der Waals surface area (Å²) in [7, 11) is 4.01. The molecule has 0 aliphatic carbocycles. The van der Waals surface area contributed by atoms with E-state index in [4.69, 9.17) is 4.74 Å². The minimum atomic E-state index is -0.302. The van der Waals surface area contributed by atoms with Gasteiger partial charge in [-0.05, 0) is 49.4 Å². The van der Waals surface area contributed by atoms with Crippen LogP contribution in [0.15, 0.2) is 48.5 Å². The van der Waals surface area contributed by atoms with Crippen molar-refractivity contribution in [3.63, 3.8) is 0 Å². The van der Waals surface area contributed by atoms with Gasteiger partial charge in [0.15, 0.2) is 0 Å². The molecule has 0 fully saturated rings. The fraction of sp³-hybridized carbons (Fsp3) is 0.235. The molecule has 110 valence electrons. The Morgan fingerprint density at radius 2 is 1.81 bits per heavy atom. The summed E-state index contributed by atoms with van der Waals surface area (Å²) < 4.78 is 5.00. The van der Waals surface area contributed by atoms with Gasteiger partial charge in [-0.15, -0.1) is 0 Å². The molecular formula is C17H20N2O2. The predicted molar refractivity (Wildman–Crippen MR) is 86.5 cm³/mol. The molecule has 0 atom stereocenters. The quantitative estimate of drug-likeness (QED) is 0.851. The maximum Gasteiger partial charge on any atom is 0.338 e. The molecule has 0 saturated carbocycles. The molecule has 1 N–H and O–H groups in total. The molecule has 21 heavy (non-hydrogen) atoms. The maximum atomic E-state index is 11.7. The van der Waals surface area contributed by atoms with E-state index >= 15 is 0 Å². The number of hydrogen-bond donors (Lipinski definition) is 1. The fourth-order valence-corrected chi connectivity index (χ4v) is 1.95. The number of carbonyl (C=O) groups excluding carboxylic acids is 1. The number of anilines is 3. The summed E-state index contributed by atoms with van der Waals surface area (Å²) >= 11 is 0. The summed E-state index contributed by atoms with van der Waals surface area (Å²) in [5, 5.41) is 3.28. The van der Waals surface area contributed by atoms with Crippen LogP contribution in [0.4, 0.5) is 17.1 Å². The second-order valence-corrected chi connectivity index (χ2v) is 4.87. The number of carbonyl (C=O) groups is 1. The van der Waals surface area contributed by atoms with E-state index in [2.05, 4.69) is 5.32 Å². The normalized spacial score (nSPS) is 10.0. The molecule has 2 aromatic carbocycles. The summed E-state index contributed by atoms with van der Waals surface area (Å²) in [6.07, 6.45) is 0.